The summed E-state index contributed by atoms with van der Waals surface area (Å²) in [5.74, 6) is -0.0768. The van der Waals surface area contributed by atoms with Crippen LogP contribution in [0.15, 0.2) is 47.9 Å². The standard InChI is InChI=1S/C13H16N4O3S/c1-16(13(18)6-8-17-9-7-15-10-17)11-2-4-12(5-3-11)21(14,19)20/h2-5,7,9-10H,6,8H2,1H3,(H2,14,19,20). The monoisotopic (exact) mass is 308 g/mol. The first-order valence-electron chi connectivity index (χ1n) is 6.23. The van der Waals surface area contributed by atoms with Crippen molar-refractivity contribution >= 4 is 21.6 Å². The molecule has 0 aliphatic carbocycles. The lowest BCUT2D eigenvalue weighted by atomic mass is 10.2. The number of aryl methyl sites for hydroxylation is 1. The van der Waals surface area contributed by atoms with E-state index in [9.17, 15) is 13.2 Å². The lowest BCUT2D eigenvalue weighted by Crippen LogP contribution is -2.27. The molecule has 0 fully saturated rings. The minimum absolute atomic E-state index is 0.0190. The fraction of sp³-hybridized carbons (Fsp3) is 0.231. The molecule has 0 bridgehead atoms. The molecule has 0 atom stereocenters. The van der Waals surface area contributed by atoms with Crippen LogP contribution in [0.3, 0.4) is 0 Å². The van der Waals surface area contributed by atoms with Crippen LogP contribution in [0.4, 0.5) is 5.69 Å². The highest BCUT2D eigenvalue weighted by Gasteiger charge is 2.13. The maximum absolute atomic E-state index is 12.1. The number of nitrogens with two attached hydrogens (primary N) is 1. The van der Waals surface area contributed by atoms with Crippen molar-refractivity contribution in [3.05, 3.63) is 43.0 Å². The van der Waals surface area contributed by atoms with Crippen molar-refractivity contribution in [1.82, 2.24) is 9.55 Å². The third-order valence-electron chi connectivity index (χ3n) is 3.07. The predicted molar refractivity (Wildman–Crippen MR) is 78.1 cm³/mol. The fourth-order valence-electron chi connectivity index (χ4n) is 1.81. The van der Waals surface area contributed by atoms with Crippen molar-refractivity contribution in [3.8, 4) is 0 Å². The Balaban J connectivity index is 2.02. The summed E-state index contributed by atoms with van der Waals surface area (Å²) < 4.78 is 24.2. The molecule has 2 aromatic rings. The van der Waals surface area contributed by atoms with Gasteiger partial charge in [0.1, 0.15) is 0 Å². The lowest BCUT2D eigenvalue weighted by Gasteiger charge is -2.17. The molecular formula is C13H16N4O3S. The molecule has 0 aliphatic rings. The van der Waals surface area contributed by atoms with E-state index in [1.165, 1.54) is 17.0 Å². The van der Waals surface area contributed by atoms with Gasteiger partial charge in [0.2, 0.25) is 15.9 Å². The Morgan fingerprint density at radius 3 is 2.52 bits per heavy atom. The summed E-state index contributed by atoms with van der Waals surface area (Å²) in [6, 6.07) is 5.86. The molecule has 0 saturated heterocycles. The summed E-state index contributed by atoms with van der Waals surface area (Å²) in [7, 11) is -2.08. The van der Waals surface area contributed by atoms with Gasteiger partial charge in [-0.3, -0.25) is 4.79 Å². The highest BCUT2D eigenvalue weighted by molar-refractivity contribution is 7.89. The van der Waals surface area contributed by atoms with Crippen molar-refractivity contribution in [3.63, 3.8) is 0 Å². The maximum Gasteiger partial charge on any atom is 0.238 e. The molecule has 7 nitrogen and oxygen atoms in total. The Hall–Kier alpha value is -2.19. The van der Waals surface area contributed by atoms with Gasteiger partial charge >= 0.3 is 0 Å². The van der Waals surface area contributed by atoms with Crippen molar-refractivity contribution in [2.24, 2.45) is 5.14 Å². The third kappa shape index (κ3) is 3.89. The van der Waals surface area contributed by atoms with E-state index in [-0.39, 0.29) is 10.8 Å². The van der Waals surface area contributed by atoms with E-state index in [0.29, 0.717) is 18.7 Å². The van der Waals surface area contributed by atoms with Crippen LogP contribution < -0.4 is 10.0 Å². The van der Waals surface area contributed by atoms with Crippen LogP contribution in [0.2, 0.25) is 0 Å². The number of hydrogen-bond acceptors (Lipinski definition) is 4. The molecule has 112 valence electrons. The number of carbonyl (C=O) groups excluding carboxylic acids is 1. The number of aromatic nitrogens is 2. The summed E-state index contributed by atoms with van der Waals surface area (Å²) in [6.45, 7) is 0.540. The molecule has 1 aromatic carbocycles. The van der Waals surface area contributed by atoms with Gasteiger partial charge in [-0.15, -0.1) is 0 Å². The van der Waals surface area contributed by atoms with E-state index in [1.807, 2.05) is 4.57 Å². The second-order valence-electron chi connectivity index (χ2n) is 4.54. The van der Waals surface area contributed by atoms with Crippen molar-refractivity contribution in [1.29, 1.82) is 0 Å². The first-order valence-corrected chi connectivity index (χ1v) is 7.78. The van der Waals surface area contributed by atoms with Crippen molar-refractivity contribution in [2.45, 2.75) is 17.9 Å². The highest BCUT2D eigenvalue weighted by Crippen LogP contribution is 2.17. The largest absolute Gasteiger partial charge is 0.337 e. The molecule has 1 aromatic heterocycles. The minimum Gasteiger partial charge on any atom is -0.337 e. The van der Waals surface area contributed by atoms with Gasteiger partial charge in [-0.05, 0) is 24.3 Å². The van der Waals surface area contributed by atoms with Gasteiger partial charge in [0.25, 0.3) is 0 Å². The number of anilines is 1. The van der Waals surface area contributed by atoms with Crippen LogP contribution >= 0.6 is 0 Å². The molecule has 0 unspecified atom stereocenters. The predicted octanol–water partition coefficient (Wildman–Crippen LogP) is 0.584. The SMILES string of the molecule is CN(C(=O)CCn1ccnc1)c1ccc(S(N)(=O)=O)cc1. The molecule has 21 heavy (non-hydrogen) atoms. The Kier molecular flexibility index (Phi) is 4.39. The Bertz CT molecular complexity index is 708. The summed E-state index contributed by atoms with van der Waals surface area (Å²) in [5.41, 5.74) is 0.609. The van der Waals surface area contributed by atoms with E-state index < -0.39 is 10.0 Å². The molecular weight excluding hydrogens is 292 g/mol. The van der Waals surface area contributed by atoms with Gasteiger partial charge < -0.3 is 9.47 Å². The van der Waals surface area contributed by atoms with Crippen LogP contribution in [-0.4, -0.2) is 30.9 Å². The second kappa shape index (κ2) is 6.06. The van der Waals surface area contributed by atoms with Gasteiger partial charge in [-0.25, -0.2) is 18.5 Å². The number of carbonyl (C=O) groups is 1. The zero-order valence-corrected chi connectivity index (χ0v) is 12.3. The van der Waals surface area contributed by atoms with E-state index >= 15 is 0 Å². The zero-order chi connectivity index (χ0) is 15.5. The second-order valence-corrected chi connectivity index (χ2v) is 6.10. The van der Waals surface area contributed by atoms with Crippen LogP contribution in [0.1, 0.15) is 6.42 Å². The summed E-state index contributed by atoms with van der Waals surface area (Å²) >= 11 is 0. The first kappa shape index (κ1) is 15.2. The normalized spacial score (nSPS) is 11.3. The number of benzene rings is 1. The molecule has 2 N–H and O–H groups in total. The van der Waals surface area contributed by atoms with E-state index in [4.69, 9.17) is 5.14 Å². The van der Waals surface area contributed by atoms with Gasteiger partial charge in [-0.1, -0.05) is 0 Å². The molecule has 0 saturated carbocycles. The zero-order valence-electron chi connectivity index (χ0n) is 11.5. The number of nitrogens with zero attached hydrogens (tertiary/aromatic N) is 3. The van der Waals surface area contributed by atoms with Crippen LogP contribution in [-0.2, 0) is 21.4 Å². The highest BCUT2D eigenvalue weighted by atomic mass is 32.2. The number of imidazole rings is 1. The maximum atomic E-state index is 12.1. The molecule has 0 spiro atoms. The number of hydrogen-bond donors (Lipinski definition) is 1. The van der Waals surface area contributed by atoms with Crippen molar-refractivity contribution in [2.75, 3.05) is 11.9 Å². The number of amides is 1. The number of primary sulfonamides is 1. The van der Waals surface area contributed by atoms with Crippen LogP contribution in [0, 0.1) is 0 Å². The molecule has 1 amide bonds. The molecule has 2 rings (SSSR count). The van der Waals surface area contributed by atoms with Crippen LogP contribution in [0.25, 0.3) is 0 Å². The molecule has 1 heterocycles. The average Bonchev–Trinajstić information content (AvgIpc) is 2.96. The van der Waals surface area contributed by atoms with Gasteiger partial charge in [0.05, 0.1) is 11.2 Å². The minimum atomic E-state index is -3.72. The Morgan fingerprint density at radius 2 is 2.00 bits per heavy atom. The first-order chi connectivity index (χ1) is 9.88. The molecule has 8 heteroatoms. The molecule has 0 radical (unpaired) electrons. The van der Waals surface area contributed by atoms with E-state index in [2.05, 4.69) is 4.98 Å². The van der Waals surface area contributed by atoms with E-state index in [0.717, 1.165) is 0 Å². The quantitative estimate of drug-likeness (QED) is 0.873. The van der Waals surface area contributed by atoms with Crippen molar-refractivity contribution < 1.29 is 13.2 Å². The van der Waals surface area contributed by atoms with Gasteiger partial charge in [0.15, 0.2) is 0 Å². The van der Waals surface area contributed by atoms with Gasteiger partial charge in [-0.2, -0.15) is 0 Å². The summed E-state index contributed by atoms with van der Waals surface area (Å²) in [4.78, 5) is 17.5. The number of sulfonamides is 1. The lowest BCUT2D eigenvalue weighted by molar-refractivity contribution is -0.118. The topological polar surface area (TPSA) is 98.3 Å². The average molecular weight is 308 g/mol. The third-order valence-corrected chi connectivity index (χ3v) is 4.00. The van der Waals surface area contributed by atoms with Crippen LogP contribution in [0.5, 0.6) is 0 Å². The van der Waals surface area contributed by atoms with Gasteiger partial charge in [0, 0.05) is 38.1 Å². The Labute approximate surface area is 123 Å². The Morgan fingerprint density at radius 1 is 1.33 bits per heavy atom. The smallest absolute Gasteiger partial charge is 0.238 e. The fourth-order valence-corrected chi connectivity index (χ4v) is 2.33. The summed E-state index contributed by atoms with van der Waals surface area (Å²) in [6.07, 6.45) is 5.41. The molecule has 0 aliphatic heterocycles. The summed E-state index contributed by atoms with van der Waals surface area (Å²) in [5, 5.41) is 5.03. The number of rotatable bonds is 5. The van der Waals surface area contributed by atoms with E-state index in [1.54, 1.807) is 37.9 Å².